The van der Waals surface area contributed by atoms with Crippen LogP contribution in [0, 0.1) is 0 Å². The largest absolute Gasteiger partial charge is 0.379 e. The van der Waals surface area contributed by atoms with Gasteiger partial charge in [0.1, 0.15) is 5.82 Å². The molecule has 124 valence electrons. The maximum Gasteiger partial charge on any atom is 0.225 e. The van der Waals surface area contributed by atoms with E-state index in [9.17, 15) is 4.79 Å². The Kier molecular flexibility index (Phi) is 4.03. The van der Waals surface area contributed by atoms with E-state index in [1.165, 1.54) is 0 Å². The highest BCUT2D eigenvalue weighted by Crippen LogP contribution is 2.31. The smallest absolute Gasteiger partial charge is 0.225 e. The first-order chi connectivity index (χ1) is 11.3. The van der Waals surface area contributed by atoms with Crippen molar-refractivity contribution in [3.05, 3.63) is 12.3 Å². The number of carbonyl (C=O) groups is 1. The Morgan fingerprint density at radius 2 is 2.13 bits per heavy atom. The van der Waals surface area contributed by atoms with Crippen LogP contribution in [0.2, 0.25) is 0 Å². The Hall–Kier alpha value is -1.89. The van der Waals surface area contributed by atoms with Gasteiger partial charge in [-0.3, -0.25) is 4.79 Å². The lowest BCUT2D eigenvalue weighted by Gasteiger charge is -2.23. The van der Waals surface area contributed by atoms with Crippen molar-refractivity contribution in [1.29, 1.82) is 0 Å². The molecule has 7 nitrogen and oxygen atoms in total. The average molecular weight is 317 g/mol. The highest BCUT2D eigenvalue weighted by Gasteiger charge is 2.39. The topological polar surface area (TPSA) is 79.4 Å². The van der Waals surface area contributed by atoms with Gasteiger partial charge in [-0.2, -0.15) is 4.98 Å². The van der Waals surface area contributed by atoms with Crippen LogP contribution < -0.4 is 10.6 Å². The molecule has 3 fully saturated rings. The predicted octanol–water partition coefficient (Wildman–Crippen LogP) is 1.24. The summed E-state index contributed by atoms with van der Waals surface area (Å²) in [5.41, 5.74) is 0. The molecular formula is C16H23N5O2. The summed E-state index contributed by atoms with van der Waals surface area (Å²) in [7, 11) is 0. The zero-order chi connectivity index (χ0) is 15.6. The van der Waals surface area contributed by atoms with Gasteiger partial charge in [0.15, 0.2) is 0 Å². The van der Waals surface area contributed by atoms with Gasteiger partial charge in [-0.25, -0.2) is 4.98 Å². The number of carbonyl (C=O) groups excluding carboxylic acids is 1. The van der Waals surface area contributed by atoms with E-state index in [1.54, 1.807) is 6.20 Å². The minimum atomic E-state index is 0.108. The first-order valence-electron chi connectivity index (χ1n) is 8.51. The Labute approximate surface area is 135 Å². The molecule has 0 spiro atoms. The SMILES string of the molecule is O=C1C[C@H](Nc2nccc(N[C@H]3CCCOC3)n2)CN1C1CC1. The summed E-state index contributed by atoms with van der Waals surface area (Å²) in [6, 6.07) is 2.77. The van der Waals surface area contributed by atoms with E-state index in [2.05, 4.69) is 20.6 Å². The van der Waals surface area contributed by atoms with E-state index in [4.69, 9.17) is 4.74 Å². The molecule has 1 saturated carbocycles. The molecule has 2 atom stereocenters. The van der Waals surface area contributed by atoms with Crippen LogP contribution in [0.1, 0.15) is 32.1 Å². The first kappa shape index (κ1) is 14.7. The average Bonchev–Trinajstić information content (AvgIpc) is 3.33. The Morgan fingerprint density at radius 3 is 2.91 bits per heavy atom. The molecule has 0 aromatic carbocycles. The Balaban J connectivity index is 1.35. The number of nitrogens with one attached hydrogen (secondary N) is 2. The lowest BCUT2D eigenvalue weighted by atomic mass is 10.1. The Morgan fingerprint density at radius 1 is 1.22 bits per heavy atom. The molecule has 3 heterocycles. The predicted molar refractivity (Wildman–Crippen MR) is 86.3 cm³/mol. The number of nitrogens with zero attached hydrogens (tertiary/aromatic N) is 3. The second-order valence-electron chi connectivity index (χ2n) is 6.65. The molecule has 7 heteroatoms. The highest BCUT2D eigenvalue weighted by molar-refractivity contribution is 5.80. The van der Waals surface area contributed by atoms with E-state index < -0.39 is 0 Å². The van der Waals surface area contributed by atoms with Crippen molar-refractivity contribution in [3.8, 4) is 0 Å². The standard InChI is InChI=1S/C16H23N5O2/c22-15-8-12(9-21(15)13-3-4-13)19-16-17-6-5-14(20-16)18-11-2-1-7-23-10-11/h5-6,11-13H,1-4,7-10H2,(H2,17,18,19,20)/t11-,12-/m0/s1. The summed E-state index contributed by atoms with van der Waals surface area (Å²) in [6.07, 6.45) is 6.76. The highest BCUT2D eigenvalue weighted by atomic mass is 16.5. The first-order valence-corrected chi connectivity index (χ1v) is 8.51. The van der Waals surface area contributed by atoms with Crippen LogP contribution in [0.3, 0.4) is 0 Å². The third-order valence-electron chi connectivity index (χ3n) is 4.65. The van der Waals surface area contributed by atoms with Gasteiger partial charge in [0.05, 0.1) is 18.7 Å². The maximum atomic E-state index is 12.0. The number of ether oxygens (including phenoxy) is 1. The van der Waals surface area contributed by atoms with Crippen molar-refractivity contribution in [2.45, 2.75) is 50.2 Å². The minimum absolute atomic E-state index is 0.108. The van der Waals surface area contributed by atoms with Crippen molar-refractivity contribution < 1.29 is 9.53 Å². The van der Waals surface area contributed by atoms with E-state index in [0.29, 0.717) is 24.5 Å². The summed E-state index contributed by atoms with van der Waals surface area (Å²) in [5, 5.41) is 6.70. The van der Waals surface area contributed by atoms with Crippen LogP contribution in [0.15, 0.2) is 12.3 Å². The van der Waals surface area contributed by atoms with Crippen LogP contribution in [-0.4, -0.2) is 58.7 Å². The second kappa shape index (κ2) is 6.31. The van der Waals surface area contributed by atoms with Crippen molar-refractivity contribution >= 4 is 17.7 Å². The van der Waals surface area contributed by atoms with Gasteiger partial charge >= 0.3 is 0 Å². The summed E-state index contributed by atoms with van der Waals surface area (Å²) < 4.78 is 5.48. The van der Waals surface area contributed by atoms with Crippen LogP contribution in [0.4, 0.5) is 11.8 Å². The molecule has 23 heavy (non-hydrogen) atoms. The minimum Gasteiger partial charge on any atom is -0.379 e. The molecule has 2 aliphatic heterocycles. The van der Waals surface area contributed by atoms with Gasteiger partial charge in [-0.1, -0.05) is 0 Å². The lowest BCUT2D eigenvalue weighted by molar-refractivity contribution is -0.128. The van der Waals surface area contributed by atoms with Crippen molar-refractivity contribution in [2.75, 3.05) is 30.4 Å². The number of aromatic nitrogens is 2. The lowest BCUT2D eigenvalue weighted by Crippen LogP contribution is -2.31. The molecule has 2 N–H and O–H groups in total. The number of likely N-dealkylation sites (tertiary alicyclic amines) is 1. The normalized spacial score (nSPS) is 28.0. The summed E-state index contributed by atoms with van der Waals surface area (Å²) in [6.45, 7) is 2.34. The van der Waals surface area contributed by atoms with E-state index in [1.807, 2.05) is 11.0 Å². The summed E-state index contributed by atoms with van der Waals surface area (Å²) in [5.74, 6) is 1.64. The third-order valence-corrected chi connectivity index (χ3v) is 4.65. The van der Waals surface area contributed by atoms with Crippen LogP contribution in [-0.2, 0) is 9.53 Å². The fourth-order valence-corrected chi connectivity index (χ4v) is 3.32. The van der Waals surface area contributed by atoms with Gasteiger partial charge < -0.3 is 20.3 Å². The maximum absolute atomic E-state index is 12.0. The van der Waals surface area contributed by atoms with E-state index >= 15 is 0 Å². The molecule has 0 bridgehead atoms. The summed E-state index contributed by atoms with van der Waals surface area (Å²) in [4.78, 5) is 22.8. The Bertz CT molecular complexity index is 571. The fourth-order valence-electron chi connectivity index (χ4n) is 3.32. The number of amides is 1. The quantitative estimate of drug-likeness (QED) is 0.851. The number of anilines is 2. The van der Waals surface area contributed by atoms with Crippen LogP contribution in [0.5, 0.6) is 0 Å². The molecule has 0 radical (unpaired) electrons. The second-order valence-corrected chi connectivity index (χ2v) is 6.65. The molecule has 1 aromatic heterocycles. The third kappa shape index (κ3) is 3.55. The van der Waals surface area contributed by atoms with E-state index in [0.717, 1.165) is 51.3 Å². The molecule has 0 unspecified atom stereocenters. The van der Waals surface area contributed by atoms with Gasteiger partial charge in [-0.15, -0.1) is 0 Å². The molecule has 4 rings (SSSR count). The molecule has 1 aliphatic carbocycles. The van der Waals surface area contributed by atoms with Gasteiger partial charge in [0.25, 0.3) is 0 Å². The zero-order valence-corrected chi connectivity index (χ0v) is 13.2. The molecular weight excluding hydrogens is 294 g/mol. The van der Waals surface area contributed by atoms with Gasteiger partial charge in [0, 0.05) is 31.8 Å². The van der Waals surface area contributed by atoms with Crippen LogP contribution in [0.25, 0.3) is 0 Å². The number of hydrogen-bond acceptors (Lipinski definition) is 6. The molecule has 1 amide bonds. The monoisotopic (exact) mass is 317 g/mol. The van der Waals surface area contributed by atoms with Crippen molar-refractivity contribution in [3.63, 3.8) is 0 Å². The number of rotatable bonds is 5. The molecule has 1 aromatic rings. The van der Waals surface area contributed by atoms with Gasteiger partial charge in [-0.05, 0) is 31.7 Å². The van der Waals surface area contributed by atoms with E-state index in [-0.39, 0.29) is 11.9 Å². The van der Waals surface area contributed by atoms with Crippen molar-refractivity contribution in [1.82, 2.24) is 14.9 Å². The fraction of sp³-hybridized carbons (Fsp3) is 0.688. The number of hydrogen-bond donors (Lipinski definition) is 2. The molecule has 3 aliphatic rings. The van der Waals surface area contributed by atoms with Gasteiger partial charge in [0.2, 0.25) is 11.9 Å². The zero-order valence-electron chi connectivity index (χ0n) is 13.2. The van der Waals surface area contributed by atoms with Crippen LogP contribution >= 0.6 is 0 Å². The van der Waals surface area contributed by atoms with Crippen molar-refractivity contribution in [2.24, 2.45) is 0 Å². The molecule has 2 saturated heterocycles. The summed E-state index contributed by atoms with van der Waals surface area (Å²) >= 11 is 0.